The molecular formula is C17H23N3O3. The van der Waals surface area contributed by atoms with Gasteiger partial charge in [-0.05, 0) is 29.8 Å². The summed E-state index contributed by atoms with van der Waals surface area (Å²) in [6, 6.07) is 10.6. The van der Waals surface area contributed by atoms with Gasteiger partial charge in [-0.25, -0.2) is 4.79 Å². The Kier molecular flexibility index (Phi) is 6.05. The van der Waals surface area contributed by atoms with Crippen molar-refractivity contribution < 1.29 is 14.6 Å². The maximum absolute atomic E-state index is 12.2. The molecule has 1 aromatic heterocycles. The van der Waals surface area contributed by atoms with E-state index in [1.165, 1.54) is 4.90 Å². The van der Waals surface area contributed by atoms with Crippen LogP contribution in [0.2, 0.25) is 0 Å². The van der Waals surface area contributed by atoms with Crippen LogP contribution in [0.3, 0.4) is 0 Å². The van der Waals surface area contributed by atoms with E-state index in [0.29, 0.717) is 13.1 Å². The molecule has 0 fully saturated rings. The molecule has 1 aromatic carbocycles. The Bertz CT molecular complexity index is 596. The van der Waals surface area contributed by atoms with Crippen molar-refractivity contribution in [1.29, 1.82) is 0 Å². The minimum absolute atomic E-state index is 0.145. The quantitative estimate of drug-likeness (QED) is 0.819. The molecule has 6 heteroatoms. The molecule has 0 radical (unpaired) electrons. The predicted octanol–water partition coefficient (Wildman–Crippen LogP) is 1.87. The summed E-state index contributed by atoms with van der Waals surface area (Å²) in [5, 5.41) is 12.5. The van der Waals surface area contributed by atoms with Crippen LogP contribution in [-0.4, -0.2) is 47.9 Å². The molecular weight excluding hydrogens is 294 g/mol. The number of benzene rings is 1. The third kappa shape index (κ3) is 4.50. The number of carbonyl (C=O) groups is 1. The summed E-state index contributed by atoms with van der Waals surface area (Å²) in [5.74, 6) is 0.740. The lowest BCUT2D eigenvalue weighted by atomic mass is 10.1. The minimum atomic E-state index is -0.396. The Balaban J connectivity index is 1.91. The van der Waals surface area contributed by atoms with E-state index in [1.54, 1.807) is 14.2 Å². The first-order valence-corrected chi connectivity index (χ1v) is 7.52. The molecule has 124 valence electrons. The molecule has 2 amide bonds. The number of carbonyl (C=O) groups excluding carboxylic acids is 1. The van der Waals surface area contributed by atoms with Crippen LogP contribution in [0.15, 0.2) is 48.8 Å². The molecule has 1 heterocycles. The average Bonchev–Trinajstić information content (AvgIpc) is 3.09. The van der Waals surface area contributed by atoms with E-state index in [1.807, 2.05) is 53.4 Å². The number of nitrogens with zero attached hydrogens (tertiary/aromatic N) is 2. The van der Waals surface area contributed by atoms with E-state index in [2.05, 4.69) is 5.32 Å². The number of aliphatic hydroxyl groups excluding tert-OH is 1. The maximum Gasteiger partial charge on any atom is 0.317 e. The Morgan fingerprint density at radius 3 is 2.52 bits per heavy atom. The molecule has 0 saturated heterocycles. The van der Waals surface area contributed by atoms with Gasteiger partial charge in [0.2, 0.25) is 0 Å². The van der Waals surface area contributed by atoms with Crippen molar-refractivity contribution in [1.82, 2.24) is 14.8 Å². The highest BCUT2D eigenvalue weighted by molar-refractivity contribution is 5.74. The van der Waals surface area contributed by atoms with Crippen molar-refractivity contribution >= 4 is 6.03 Å². The Morgan fingerprint density at radius 2 is 1.96 bits per heavy atom. The van der Waals surface area contributed by atoms with Gasteiger partial charge in [0, 0.05) is 32.5 Å². The molecule has 23 heavy (non-hydrogen) atoms. The van der Waals surface area contributed by atoms with Crippen molar-refractivity contribution in [2.75, 3.05) is 27.3 Å². The number of nitrogens with one attached hydrogen (secondary N) is 1. The van der Waals surface area contributed by atoms with E-state index in [4.69, 9.17) is 4.74 Å². The van der Waals surface area contributed by atoms with Gasteiger partial charge in [-0.3, -0.25) is 0 Å². The van der Waals surface area contributed by atoms with E-state index >= 15 is 0 Å². The summed E-state index contributed by atoms with van der Waals surface area (Å²) < 4.78 is 7.11. The van der Waals surface area contributed by atoms with Crippen LogP contribution < -0.4 is 10.1 Å². The SMILES string of the molecule is COc1ccc(C(CO)N(C)C(=O)NCCn2cccc2)cc1. The second-order valence-electron chi connectivity index (χ2n) is 5.24. The number of ether oxygens (including phenoxy) is 1. The molecule has 0 aliphatic rings. The van der Waals surface area contributed by atoms with E-state index in [9.17, 15) is 9.90 Å². The molecule has 1 unspecified atom stereocenters. The molecule has 0 spiro atoms. The number of hydrogen-bond donors (Lipinski definition) is 2. The normalized spacial score (nSPS) is 11.8. The molecule has 2 rings (SSSR count). The lowest BCUT2D eigenvalue weighted by Gasteiger charge is -2.27. The molecule has 6 nitrogen and oxygen atoms in total. The molecule has 1 atom stereocenters. The maximum atomic E-state index is 12.2. The number of hydrogen-bond acceptors (Lipinski definition) is 3. The van der Waals surface area contributed by atoms with Crippen molar-refractivity contribution in [3.63, 3.8) is 0 Å². The predicted molar refractivity (Wildman–Crippen MR) is 88.4 cm³/mol. The van der Waals surface area contributed by atoms with Crippen LogP contribution in [0.25, 0.3) is 0 Å². The highest BCUT2D eigenvalue weighted by Gasteiger charge is 2.20. The number of aromatic nitrogens is 1. The Hall–Kier alpha value is -2.47. The molecule has 0 aliphatic heterocycles. The third-order valence-corrected chi connectivity index (χ3v) is 3.77. The van der Waals surface area contributed by atoms with Crippen molar-refractivity contribution in [2.45, 2.75) is 12.6 Å². The average molecular weight is 317 g/mol. The van der Waals surface area contributed by atoms with Crippen LogP contribution in [0.5, 0.6) is 5.75 Å². The van der Waals surface area contributed by atoms with Gasteiger partial charge in [0.1, 0.15) is 5.75 Å². The first-order chi connectivity index (χ1) is 11.2. The monoisotopic (exact) mass is 317 g/mol. The second kappa shape index (κ2) is 8.24. The lowest BCUT2D eigenvalue weighted by Crippen LogP contribution is -2.41. The van der Waals surface area contributed by atoms with Crippen LogP contribution in [-0.2, 0) is 6.54 Å². The smallest absolute Gasteiger partial charge is 0.317 e. The van der Waals surface area contributed by atoms with Crippen LogP contribution >= 0.6 is 0 Å². The number of methoxy groups -OCH3 is 1. The minimum Gasteiger partial charge on any atom is -0.497 e. The van der Waals surface area contributed by atoms with Gasteiger partial charge < -0.3 is 24.6 Å². The first-order valence-electron chi connectivity index (χ1n) is 7.52. The van der Waals surface area contributed by atoms with Crippen molar-refractivity contribution in [3.8, 4) is 5.75 Å². The van der Waals surface area contributed by atoms with Crippen molar-refractivity contribution in [2.24, 2.45) is 0 Å². The fraction of sp³-hybridized carbons (Fsp3) is 0.353. The summed E-state index contributed by atoms with van der Waals surface area (Å²) in [6.45, 7) is 1.09. The summed E-state index contributed by atoms with van der Waals surface area (Å²) in [5.41, 5.74) is 0.858. The van der Waals surface area contributed by atoms with E-state index < -0.39 is 6.04 Å². The van der Waals surface area contributed by atoms with Crippen LogP contribution in [0.4, 0.5) is 4.79 Å². The summed E-state index contributed by atoms with van der Waals surface area (Å²) in [6.07, 6.45) is 3.90. The Morgan fingerprint density at radius 1 is 1.30 bits per heavy atom. The number of aliphatic hydroxyl groups is 1. The van der Waals surface area contributed by atoms with Gasteiger partial charge >= 0.3 is 6.03 Å². The highest BCUT2D eigenvalue weighted by atomic mass is 16.5. The number of likely N-dealkylation sites (N-methyl/N-ethyl adjacent to an activating group) is 1. The number of rotatable bonds is 7. The molecule has 0 bridgehead atoms. The van der Waals surface area contributed by atoms with Crippen LogP contribution in [0.1, 0.15) is 11.6 Å². The fourth-order valence-corrected chi connectivity index (χ4v) is 2.35. The van der Waals surface area contributed by atoms with Crippen molar-refractivity contribution in [3.05, 3.63) is 54.4 Å². The zero-order chi connectivity index (χ0) is 16.7. The molecule has 2 aromatic rings. The van der Waals surface area contributed by atoms with Gasteiger partial charge in [-0.2, -0.15) is 0 Å². The van der Waals surface area contributed by atoms with Crippen LogP contribution in [0, 0.1) is 0 Å². The van der Waals surface area contributed by atoms with Gasteiger partial charge in [0.15, 0.2) is 0 Å². The molecule has 2 N–H and O–H groups in total. The van der Waals surface area contributed by atoms with Gasteiger partial charge in [-0.15, -0.1) is 0 Å². The van der Waals surface area contributed by atoms with Gasteiger partial charge in [0.25, 0.3) is 0 Å². The standard InChI is InChI=1S/C17H23N3O3/c1-19(17(22)18-9-12-20-10-3-4-11-20)16(13-21)14-5-7-15(23-2)8-6-14/h3-8,10-11,16,21H,9,12-13H2,1-2H3,(H,18,22). The summed E-state index contributed by atoms with van der Waals surface area (Å²) in [7, 11) is 3.28. The van der Waals surface area contributed by atoms with Gasteiger partial charge in [0.05, 0.1) is 19.8 Å². The van der Waals surface area contributed by atoms with E-state index in [0.717, 1.165) is 11.3 Å². The zero-order valence-electron chi connectivity index (χ0n) is 13.5. The topological polar surface area (TPSA) is 66.7 Å². The highest BCUT2D eigenvalue weighted by Crippen LogP contribution is 2.21. The van der Waals surface area contributed by atoms with Gasteiger partial charge in [-0.1, -0.05) is 12.1 Å². The zero-order valence-corrected chi connectivity index (χ0v) is 13.5. The number of urea groups is 1. The second-order valence-corrected chi connectivity index (χ2v) is 5.24. The van der Waals surface area contributed by atoms with E-state index in [-0.39, 0.29) is 12.6 Å². The largest absolute Gasteiger partial charge is 0.497 e. The third-order valence-electron chi connectivity index (χ3n) is 3.77. The number of amides is 2. The Labute approximate surface area is 136 Å². The molecule has 0 aliphatic carbocycles. The fourth-order valence-electron chi connectivity index (χ4n) is 2.35. The molecule has 0 saturated carbocycles. The lowest BCUT2D eigenvalue weighted by molar-refractivity contribution is 0.149. The summed E-state index contributed by atoms with van der Waals surface area (Å²) in [4.78, 5) is 13.7. The summed E-state index contributed by atoms with van der Waals surface area (Å²) >= 11 is 0. The first kappa shape index (κ1) is 16.9.